The van der Waals surface area contributed by atoms with Gasteiger partial charge in [-0.1, -0.05) is 6.07 Å². The van der Waals surface area contributed by atoms with Crippen molar-refractivity contribution in [3.05, 3.63) is 29.8 Å². The minimum absolute atomic E-state index is 0.0303. The zero-order valence-electron chi connectivity index (χ0n) is 13.0. The van der Waals surface area contributed by atoms with Gasteiger partial charge in [0.15, 0.2) is 11.5 Å². The van der Waals surface area contributed by atoms with Crippen molar-refractivity contribution in [1.82, 2.24) is 4.90 Å². The molecule has 0 atom stereocenters. The Morgan fingerprint density at radius 1 is 1.14 bits per heavy atom. The van der Waals surface area contributed by atoms with E-state index in [0.717, 1.165) is 31.5 Å². The number of carbonyl (C=O) groups is 2. The number of hydrogen-bond acceptors (Lipinski definition) is 4. The average Bonchev–Trinajstić information content (AvgIpc) is 2.54. The van der Waals surface area contributed by atoms with Gasteiger partial charge in [-0.3, -0.25) is 9.59 Å². The first kappa shape index (κ1) is 16.1. The van der Waals surface area contributed by atoms with Crippen molar-refractivity contribution in [1.29, 1.82) is 0 Å². The van der Waals surface area contributed by atoms with Gasteiger partial charge in [0.25, 0.3) is 0 Å². The van der Waals surface area contributed by atoms with E-state index in [2.05, 4.69) is 0 Å². The molecular weight excluding hydrogens is 282 g/mol. The molecule has 0 aromatic heterocycles. The zero-order chi connectivity index (χ0) is 15.9. The van der Waals surface area contributed by atoms with Crippen LogP contribution in [-0.2, 0) is 9.59 Å². The molecule has 1 fully saturated rings. The van der Waals surface area contributed by atoms with E-state index in [-0.39, 0.29) is 5.91 Å². The van der Waals surface area contributed by atoms with Crippen molar-refractivity contribution in [2.24, 2.45) is 0 Å². The quantitative estimate of drug-likeness (QED) is 0.487. The summed E-state index contributed by atoms with van der Waals surface area (Å²) in [6.45, 7) is 3.00. The second kappa shape index (κ2) is 7.64. The summed E-state index contributed by atoms with van der Waals surface area (Å²) in [4.78, 5) is 25.0. The Kier molecular flexibility index (Phi) is 5.58. The summed E-state index contributed by atoms with van der Waals surface area (Å²) < 4.78 is 10.3. The molecule has 1 aromatic carbocycles. The molecule has 0 bridgehead atoms. The molecule has 1 heterocycles. The first-order chi connectivity index (χ1) is 10.6. The molecule has 5 heteroatoms. The first-order valence-electron chi connectivity index (χ1n) is 7.43. The van der Waals surface area contributed by atoms with Crippen LogP contribution in [0.5, 0.6) is 11.5 Å². The lowest BCUT2D eigenvalue weighted by atomic mass is 10.1. The van der Waals surface area contributed by atoms with Gasteiger partial charge in [0.1, 0.15) is 0 Å². The molecule has 118 valence electrons. The Morgan fingerprint density at radius 3 is 2.50 bits per heavy atom. The Morgan fingerprint density at radius 2 is 1.86 bits per heavy atom. The minimum atomic E-state index is -0.401. The molecule has 0 unspecified atom stereocenters. The largest absolute Gasteiger partial charge is 0.493 e. The molecule has 1 aliphatic rings. The van der Waals surface area contributed by atoms with Crippen molar-refractivity contribution in [2.45, 2.75) is 26.2 Å². The molecule has 0 aliphatic carbocycles. The predicted octanol–water partition coefficient (Wildman–Crippen LogP) is 2.65. The van der Waals surface area contributed by atoms with E-state index < -0.39 is 5.97 Å². The Balaban J connectivity index is 2.07. The van der Waals surface area contributed by atoms with Gasteiger partial charge in [-0.15, -0.1) is 0 Å². The number of rotatable bonds is 4. The monoisotopic (exact) mass is 303 g/mol. The summed E-state index contributed by atoms with van der Waals surface area (Å²) >= 11 is 0. The van der Waals surface area contributed by atoms with Crippen molar-refractivity contribution in [2.75, 3.05) is 20.2 Å². The number of carbonyl (C=O) groups excluding carboxylic acids is 2. The number of nitrogens with zero attached hydrogens (tertiary/aromatic N) is 1. The van der Waals surface area contributed by atoms with Gasteiger partial charge in [-0.05, 0) is 43.0 Å². The SMILES string of the molecule is COc1cc(C=CC(=O)N2CCCCC2)ccc1OC(C)=O. The van der Waals surface area contributed by atoms with Crippen molar-refractivity contribution in [3.63, 3.8) is 0 Å². The summed E-state index contributed by atoms with van der Waals surface area (Å²) in [6.07, 6.45) is 6.67. The Bertz CT molecular complexity index is 574. The highest BCUT2D eigenvalue weighted by atomic mass is 16.6. The van der Waals surface area contributed by atoms with E-state index in [9.17, 15) is 9.59 Å². The third-order valence-corrected chi connectivity index (χ3v) is 3.53. The predicted molar refractivity (Wildman–Crippen MR) is 83.8 cm³/mol. The summed E-state index contributed by atoms with van der Waals surface area (Å²) in [5.74, 6) is 0.460. The van der Waals surface area contributed by atoms with Crippen LogP contribution in [0, 0.1) is 0 Å². The van der Waals surface area contributed by atoms with Crippen LogP contribution in [0.15, 0.2) is 24.3 Å². The maximum atomic E-state index is 12.1. The molecule has 1 aliphatic heterocycles. The molecule has 0 N–H and O–H groups in total. The lowest BCUT2D eigenvalue weighted by Gasteiger charge is -2.25. The molecule has 5 nitrogen and oxygen atoms in total. The minimum Gasteiger partial charge on any atom is -0.493 e. The maximum absolute atomic E-state index is 12.1. The maximum Gasteiger partial charge on any atom is 0.308 e. The van der Waals surface area contributed by atoms with Crippen LogP contribution >= 0.6 is 0 Å². The second-order valence-electron chi connectivity index (χ2n) is 5.22. The van der Waals surface area contributed by atoms with Crippen molar-refractivity contribution >= 4 is 18.0 Å². The van der Waals surface area contributed by atoms with Crippen LogP contribution in [0.3, 0.4) is 0 Å². The summed E-state index contributed by atoms with van der Waals surface area (Å²) in [6, 6.07) is 5.17. The molecule has 1 amide bonds. The standard InChI is InChI=1S/C17H21NO4/c1-13(19)22-15-8-6-14(12-16(15)21-2)7-9-17(20)18-10-4-3-5-11-18/h6-9,12H,3-5,10-11H2,1-2H3. The van der Waals surface area contributed by atoms with E-state index in [1.54, 1.807) is 30.4 Å². The number of methoxy groups -OCH3 is 1. The first-order valence-corrected chi connectivity index (χ1v) is 7.43. The van der Waals surface area contributed by atoms with Crippen LogP contribution in [-0.4, -0.2) is 37.0 Å². The summed E-state index contributed by atoms with van der Waals surface area (Å²) in [5.41, 5.74) is 0.818. The van der Waals surface area contributed by atoms with E-state index in [0.29, 0.717) is 11.5 Å². The van der Waals surface area contributed by atoms with E-state index >= 15 is 0 Å². The van der Waals surface area contributed by atoms with Crippen LogP contribution in [0.2, 0.25) is 0 Å². The second-order valence-corrected chi connectivity index (χ2v) is 5.22. The number of piperidine rings is 1. The highest BCUT2D eigenvalue weighted by Gasteiger charge is 2.13. The van der Waals surface area contributed by atoms with Gasteiger partial charge >= 0.3 is 5.97 Å². The van der Waals surface area contributed by atoms with Gasteiger partial charge in [-0.25, -0.2) is 0 Å². The molecule has 2 rings (SSSR count). The van der Waals surface area contributed by atoms with Crippen molar-refractivity contribution < 1.29 is 19.1 Å². The third-order valence-electron chi connectivity index (χ3n) is 3.53. The van der Waals surface area contributed by atoms with E-state index in [4.69, 9.17) is 9.47 Å². The Hall–Kier alpha value is -2.30. The normalized spacial score (nSPS) is 14.9. The number of likely N-dealkylation sites (tertiary alicyclic amines) is 1. The summed E-state index contributed by atoms with van der Waals surface area (Å²) in [7, 11) is 1.51. The summed E-state index contributed by atoms with van der Waals surface area (Å²) in [5, 5.41) is 0. The van der Waals surface area contributed by atoms with Gasteiger partial charge in [-0.2, -0.15) is 0 Å². The number of benzene rings is 1. The zero-order valence-corrected chi connectivity index (χ0v) is 13.0. The lowest BCUT2D eigenvalue weighted by molar-refractivity contribution is -0.132. The fourth-order valence-electron chi connectivity index (χ4n) is 2.41. The van der Waals surface area contributed by atoms with Crippen molar-refractivity contribution in [3.8, 4) is 11.5 Å². The van der Waals surface area contributed by atoms with Gasteiger partial charge in [0.05, 0.1) is 7.11 Å². The van der Waals surface area contributed by atoms with Crippen LogP contribution in [0.25, 0.3) is 6.08 Å². The lowest BCUT2D eigenvalue weighted by Crippen LogP contribution is -2.34. The molecule has 0 spiro atoms. The topological polar surface area (TPSA) is 55.8 Å². The highest BCUT2D eigenvalue weighted by Crippen LogP contribution is 2.28. The number of esters is 1. The van der Waals surface area contributed by atoms with Crippen LogP contribution in [0.4, 0.5) is 0 Å². The number of hydrogen-bond donors (Lipinski definition) is 0. The molecule has 22 heavy (non-hydrogen) atoms. The van der Waals surface area contributed by atoms with Gasteiger partial charge in [0.2, 0.25) is 5.91 Å². The molecule has 1 saturated heterocycles. The third kappa shape index (κ3) is 4.35. The fourth-order valence-corrected chi connectivity index (χ4v) is 2.41. The smallest absolute Gasteiger partial charge is 0.308 e. The molecule has 1 aromatic rings. The van der Waals surface area contributed by atoms with Crippen LogP contribution < -0.4 is 9.47 Å². The fraction of sp³-hybridized carbons (Fsp3) is 0.412. The number of ether oxygens (including phenoxy) is 2. The highest BCUT2D eigenvalue weighted by molar-refractivity contribution is 5.92. The van der Waals surface area contributed by atoms with E-state index in [1.807, 2.05) is 4.90 Å². The van der Waals surface area contributed by atoms with E-state index in [1.165, 1.54) is 20.5 Å². The Labute approximate surface area is 130 Å². The van der Waals surface area contributed by atoms with Gasteiger partial charge < -0.3 is 14.4 Å². The van der Waals surface area contributed by atoms with Gasteiger partial charge in [0, 0.05) is 26.1 Å². The molecule has 0 saturated carbocycles. The van der Waals surface area contributed by atoms with Crippen LogP contribution in [0.1, 0.15) is 31.7 Å². The average molecular weight is 303 g/mol. The number of amides is 1. The molecule has 0 radical (unpaired) electrons. The molecular formula is C17H21NO4.